The highest BCUT2D eigenvalue weighted by molar-refractivity contribution is 7.89. The highest BCUT2D eigenvalue weighted by Gasteiger charge is 2.23. The Morgan fingerprint density at radius 2 is 2.15 bits per heavy atom. The lowest BCUT2D eigenvalue weighted by Gasteiger charge is -2.16. The maximum absolute atomic E-state index is 12.3. The molecule has 0 radical (unpaired) electrons. The van der Waals surface area contributed by atoms with Crippen LogP contribution in [0.15, 0.2) is 23.1 Å². The zero-order chi connectivity index (χ0) is 15.2. The van der Waals surface area contributed by atoms with E-state index >= 15 is 0 Å². The Hall–Kier alpha value is -1.57. The van der Waals surface area contributed by atoms with Gasteiger partial charge in [0, 0.05) is 25.6 Å². The molecule has 106 valence electrons. The van der Waals surface area contributed by atoms with Crippen LogP contribution in [0, 0.1) is 23.2 Å². The van der Waals surface area contributed by atoms with Gasteiger partial charge in [-0.2, -0.15) is 9.57 Å². The summed E-state index contributed by atoms with van der Waals surface area (Å²) in [6.45, 7) is 0.332. The first-order chi connectivity index (χ1) is 9.43. The Morgan fingerprint density at radius 3 is 2.70 bits per heavy atom. The zero-order valence-corrected chi connectivity index (χ0v) is 12.5. The average Bonchev–Trinajstić information content (AvgIpc) is 2.42. The van der Waals surface area contributed by atoms with Gasteiger partial charge >= 0.3 is 0 Å². The molecular weight excluding hydrogens is 298 g/mol. The minimum Gasteiger partial charge on any atom is -0.320 e. The molecule has 7 heteroatoms. The van der Waals surface area contributed by atoms with E-state index in [1.165, 1.54) is 19.2 Å². The maximum Gasteiger partial charge on any atom is 0.244 e. The van der Waals surface area contributed by atoms with Gasteiger partial charge in [-0.3, -0.25) is 0 Å². The number of halogens is 1. The van der Waals surface area contributed by atoms with Gasteiger partial charge in [-0.05, 0) is 18.2 Å². The van der Waals surface area contributed by atoms with Crippen LogP contribution in [0.25, 0.3) is 0 Å². The van der Waals surface area contributed by atoms with Gasteiger partial charge in [-0.1, -0.05) is 23.4 Å². The van der Waals surface area contributed by atoms with Gasteiger partial charge in [0.15, 0.2) is 0 Å². The summed E-state index contributed by atoms with van der Waals surface area (Å²) in [6.07, 6.45) is 0.118. The monoisotopic (exact) mass is 311 g/mol. The van der Waals surface area contributed by atoms with Crippen molar-refractivity contribution in [3.8, 4) is 17.9 Å². The fraction of sp³-hybridized carbons (Fsp3) is 0.308. The molecular formula is C13H14ClN3O2S. The van der Waals surface area contributed by atoms with Gasteiger partial charge < -0.3 is 5.73 Å². The first kappa shape index (κ1) is 16.5. The topological polar surface area (TPSA) is 87.2 Å². The average molecular weight is 312 g/mol. The first-order valence-corrected chi connectivity index (χ1v) is 7.57. The number of sulfonamides is 1. The van der Waals surface area contributed by atoms with E-state index in [1.54, 1.807) is 6.07 Å². The van der Waals surface area contributed by atoms with Crippen molar-refractivity contribution >= 4 is 21.6 Å². The van der Waals surface area contributed by atoms with Crippen molar-refractivity contribution in [3.05, 3.63) is 28.8 Å². The number of rotatable bonds is 4. The predicted molar refractivity (Wildman–Crippen MR) is 77.4 cm³/mol. The molecule has 0 saturated carbocycles. The molecule has 0 aliphatic rings. The van der Waals surface area contributed by atoms with E-state index in [-0.39, 0.29) is 29.4 Å². The summed E-state index contributed by atoms with van der Waals surface area (Å²) in [5.41, 5.74) is 5.86. The van der Waals surface area contributed by atoms with Crippen LogP contribution in [0.4, 0.5) is 0 Å². The van der Waals surface area contributed by atoms with Crippen LogP contribution < -0.4 is 5.73 Å². The van der Waals surface area contributed by atoms with Crippen molar-refractivity contribution in [3.63, 3.8) is 0 Å². The summed E-state index contributed by atoms with van der Waals surface area (Å²) in [4.78, 5) is -0.00194. The predicted octanol–water partition coefficient (Wildman–Crippen LogP) is 1.18. The van der Waals surface area contributed by atoms with Crippen LogP contribution >= 0.6 is 11.6 Å². The van der Waals surface area contributed by atoms with Crippen molar-refractivity contribution in [2.24, 2.45) is 5.73 Å². The van der Waals surface area contributed by atoms with Crippen molar-refractivity contribution in [2.45, 2.75) is 11.3 Å². The van der Waals surface area contributed by atoms with E-state index in [0.717, 1.165) is 4.31 Å². The largest absolute Gasteiger partial charge is 0.320 e. The molecule has 0 heterocycles. The molecule has 1 aromatic carbocycles. The maximum atomic E-state index is 12.3. The van der Waals surface area contributed by atoms with E-state index < -0.39 is 10.0 Å². The molecule has 0 aromatic heterocycles. The molecule has 5 nitrogen and oxygen atoms in total. The van der Waals surface area contributed by atoms with E-state index in [0.29, 0.717) is 5.56 Å². The summed E-state index contributed by atoms with van der Waals surface area (Å²) < 4.78 is 25.6. The molecule has 0 saturated heterocycles. The lowest BCUT2D eigenvalue weighted by molar-refractivity contribution is 0.476. The second-order valence-corrected chi connectivity index (χ2v) is 6.31. The highest BCUT2D eigenvalue weighted by Crippen LogP contribution is 2.25. The molecule has 1 aromatic rings. The van der Waals surface area contributed by atoms with Crippen LogP contribution in [0.3, 0.4) is 0 Å². The van der Waals surface area contributed by atoms with E-state index in [4.69, 9.17) is 22.6 Å². The number of nitrogens with two attached hydrogens (primary N) is 1. The van der Waals surface area contributed by atoms with Crippen molar-refractivity contribution in [1.29, 1.82) is 5.26 Å². The van der Waals surface area contributed by atoms with Crippen molar-refractivity contribution in [2.75, 3.05) is 20.1 Å². The highest BCUT2D eigenvalue weighted by atomic mass is 35.5. The summed E-state index contributed by atoms with van der Waals surface area (Å²) in [5.74, 6) is 5.44. The molecule has 0 amide bonds. The number of hydrogen-bond acceptors (Lipinski definition) is 4. The lowest BCUT2D eigenvalue weighted by atomic mass is 10.2. The van der Waals surface area contributed by atoms with Gasteiger partial charge in [0.05, 0.1) is 17.6 Å². The van der Waals surface area contributed by atoms with Crippen LogP contribution in [0.2, 0.25) is 5.02 Å². The summed E-state index contributed by atoms with van der Waals surface area (Å²) in [5, 5.41) is 8.60. The lowest BCUT2D eigenvalue weighted by Crippen LogP contribution is -2.28. The van der Waals surface area contributed by atoms with Crippen molar-refractivity contribution in [1.82, 2.24) is 4.31 Å². The van der Waals surface area contributed by atoms with Crippen LogP contribution in [0.5, 0.6) is 0 Å². The molecule has 0 unspecified atom stereocenters. The third-order valence-electron chi connectivity index (χ3n) is 2.49. The van der Waals surface area contributed by atoms with Gasteiger partial charge in [0.25, 0.3) is 0 Å². The third kappa shape index (κ3) is 3.96. The molecule has 0 aliphatic carbocycles. The quantitative estimate of drug-likeness (QED) is 0.846. The Morgan fingerprint density at radius 1 is 1.45 bits per heavy atom. The normalized spacial score (nSPS) is 10.8. The van der Waals surface area contributed by atoms with E-state index in [9.17, 15) is 8.42 Å². The number of hydrogen-bond donors (Lipinski definition) is 1. The summed E-state index contributed by atoms with van der Waals surface area (Å²) in [6, 6.07) is 6.35. The fourth-order valence-corrected chi connectivity index (χ4v) is 3.12. The summed E-state index contributed by atoms with van der Waals surface area (Å²) in [7, 11) is -2.29. The van der Waals surface area contributed by atoms with Crippen molar-refractivity contribution < 1.29 is 8.42 Å². The van der Waals surface area contributed by atoms with Crippen LogP contribution in [0.1, 0.15) is 12.0 Å². The molecule has 20 heavy (non-hydrogen) atoms. The third-order valence-corrected chi connectivity index (χ3v) is 4.83. The fourth-order valence-electron chi connectivity index (χ4n) is 1.44. The van der Waals surface area contributed by atoms with Gasteiger partial charge in [-0.25, -0.2) is 8.42 Å². The summed E-state index contributed by atoms with van der Waals surface area (Å²) >= 11 is 6.00. The van der Waals surface area contributed by atoms with Gasteiger partial charge in [0.1, 0.15) is 4.90 Å². The van der Waals surface area contributed by atoms with Crippen LogP contribution in [-0.4, -0.2) is 32.9 Å². The Bertz CT molecular complexity index is 684. The first-order valence-electron chi connectivity index (χ1n) is 5.75. The van der Waals surface area contributed by atoms with E-state index in [1.807, 2.05) is 6.07 Å². The Kier molecular flexibility index (Phi) is 6.00. The van der Waals surface area contributed by atoms with Gasteiger partial charge in [0.2, 0.25) is 10.0 Å². The molecule has 2 N–H and O–H groups in total. The molecule has 0 aliphatic heterocycles. The Labute approximate surface area is 124 Å². The standard InChI is InChI=1S/C13H14ClN3O2S/c1-17(9-3-8-16)20(18,19)13-6-5-11(4-2-7-15)10-12(13)14/h5-6,10H,3,7,9,15H2,1H3. The second kappa shape index (κ2) is 7.28. The van der Waals surface area contributed by atoms with E-state index in [2.05, 4.69) is 11.8 Å². The second-order valence-electron chi connectivity index (χ2n) is 3.89. The zero-order valence-electron chi connectivity index (χ0n) is 10.9. The number of nitriles is 1. The van der Waals surface area contributed by atoms with Crippen LogP contribution in [-0.2, 0) is 10.0 Å². The molecule has 0 atom stereocenters. The smallest absolute Gasteiger partial charge is 0.244 e. The SMILES string of the molecule is CN(CCC#N)S(=O)(=O)c1ccc(C#CCN)cc1Cl. The number of nitrogens with zero attached hydrogens (tertiary/aromatic N) is 2. The molecule has 0 spiro atoms. The molecule has 0 fully saturated rings. The molecule has 1 rings (SSSR count). The number of benzene rings is 1. The van der Waals surface area contributed by atoms with Gasteiger partial charge in [-0.15, -0.1) is 0 Å². The minimum atomic E-state index is -3.70. The molecule has 0 bridgehead atoms. The Balaban J connectivity index is 3.11. The minimum absolute atomic E-state index is 0.00194.